The number of nitrogens with zero attached hydrogens (tertiary/aromatic N) is 3. The molecule has 0 amide bonds. The van der Waals surface area contributed by atoms with Crippen LogP contribution in [0, 0.1) is 0 Å². The van der Waals surface area contributed by atoms with E-state index >= 15 is 0 Å². The summed E-state index contributed by atoms with van der Waals surface area (Å²) >= 11 is 0. The zero-order chi connectivity index (χ0) is 8.23. The molecule has 2 rings (SSSR count). The summed E-state index contributed by atoms with van der Waals surface area (Å²) in [7, 11) is 0. The van der Waals surface area contributed by atoms with Gasteiger partial charge in [0.15, 0.2) is 0 Å². The summed E-state index contributed by atoms with van der Waals surface area (Å²) in [6.45, 7) is 0. The molecule has 0 saturated carbocycles. The van der Waals surface area contributed by atoms with Crippen LogP contribution in [0.4, 0.5) is 0 Å². The molecule has 2 aromatic heterocycles. The van der Waals surface area contributed by atoms with Gasteiger partial charge in [-0.05, 0) is 18.2 Å². The first-order valence-corrected chi connectivity index (χ1v) is 3.61. The minimum atomic E-state index is 1.05. The zero-order valence-corrected chi connectivity index (χ0v) is 6.38. The Morgan fingerprint density at radius 1 is 1.50 bits per heavy atom. The van der Waals surface area contributed by atoms with Crippen LogP contribution in [0.2, 0.25) is 0 Å². The van der Waals surface area contributed by atoms with Gasteiger partial charge in [-0.15, -0.1) is 0 Å². The summed E-state index contributed by atoms with van der Waals surface area (Å²) in [6, 6.07) is 3.93. The van der Waals surface area contributed by atoms with Crippen LogP contribution in [0.5, 0.6) is 0 Å². The lowest BCUT2D eigenvalue weighted by atomic mass is 10.4. The molecular weight excluding hydrogens is 152 g/mol. The molecule has 0 saturated heterocycles. The molecule has 0 aliphatic rings. The van der Waals surface area contributed by atoms with Crippen molar-refractivity contribution in [1.82, 2.24) is 19.7 Å². The van der Waals surface area contributed by atoms with E-state index in [1.807, 2.05) is 30.6 Å². The van der Waals surface area contributed by atoms with Gasteiger partial charge in [0.05, 0.1) is 0 Å². The maximum atomic E-state index is 3.92. The second-order valence-electron chi connectivity index (χ2n) is 2.32. The molecule has 0 fully saturated rings. The van der Waals surface area contributed by atoms with Gasteiger partial charge in [-0.1, -0.05) is 0 Å². The minimum absolute atomic E-state index is 1.05. The van der Waals surface area contributed by atoms with E-state index in [1.54, 1.807) is 11.0 Å². The fourth-order valence-electron chi connectivity index (χ4n) is 0.899. The standard InChI is InChI=1S/C8H8N4/c1-2-8(10-4-1)3-5-12-7-9-6-11-12/h1-7,10H. The van der Waals surface area contributed by atoms with Crippen molar-refractivity contribution in [3.8, 4) is 0 Å². The highest BCUT2D eigenvalue weighted by atomic mass is 15.3. The number of hydrogen-bond donors (Lipinski definition) is 1. The van der Waals surface area contributed by atoms with Gasteiger partial charge < -0.3 is 4.98 Å². The van der Waals surface area contributed by atoms with Crippen LogP contribution in [0.3, 0.4) is 0 Å². The van der Waals surface area contributed by atoms with E-state index in [9.17, 15) is 0 Å². The second kappa shape index (κ2) is 3.04. The number of nitrogens with one attached hydrogen (secondary N) is 1. The lowest BCUT2D eigenvalue weighted by Crippen LogP contribution is -1.84. The maximum absolute atomic E-state index is 3.92. The molecule has 0 bridgehead atoms. The largest absolute Gasteiger partial charge is 0.362 e. The Bertz CT molecular complexity index is 308. The van der Waals surface area contributed by atoms with Gasteiger partial charge in [0.25, 0.3) is 0 Å². The zero-order valence-electron chi connectivity index (χ0n) is 6.38. The molecule has 0 radical (unpaired) electrons. The van der Waals surface area contributed by atoms with E-state index in [0.717, 1.165) is 5.69 Å². The van der Waals surface area contributed by atoms with Crippen LogP contribution < -0.4 is 0 Å². The number of aromatic nitrogens is 4. The van der Waals surface area contributed by atoms with Gasteiger partial charge in [0, 0.05) is 18.1 Å². The summed E-state index contributed by atoms with van der Waals surface area (Å²) in [5.74, 6) is 0. The molecule has 0 atom stereocenters. The summed E-state index contributed by atoms with van der Waals surface area (Å²) in [6.07, 6.45) is 8.77. The monoisotopic (exact) mass is 160 g/mol. The summed E-state index contributed by atoms with van der Waals surface area (Å²) in [5, 5.41) is 3.92. The Kier molecular flexibility index (Phi) is 1.74. The van der Waals surface area contributed by atoms with Crippen LogP contribution in [-0.4, -0.2) is 19.7 Å². The molecule has 0 aliphatic carbocycles. The van der Waals surface area contributed by atoms with Crippen LogP contribution in [0.15, 0.2) is 31.0 Å². The van der Waals surface area contributed by atoms with Gasteiger partial charge in [0.1, 0.15) is 12.7 Å². The highest BCUT2D eigenvalue weighted by Gasteiger charge is 1.84. The van der Waals surface area contributed by atoms with Gasteiger partial charge >= 0.3 is 0 Å². The Morgan fingerprint density at radius 3 is 3.17 bits per heavy atom. The van der Waals surface area contributed by atoms with Crippen LogP contribution in [0.25, 0.3) is 12.3 Å². The Hall–Kier alpha value is -1.84. The molecule has 2 heterocycles. The highest BCUT2D eigenvalue weighted by Crippen LogP contribution is 1.97. The van der Waals surface area contributed by atoms with Gasteiger partial charge in [-0.3, -0.25) is 0 Å². The van der Waals surface area contributed by atoms with Crippen molar-refractivity contribution in [2.45, 2.75) is 0 Å². The van der Waals surface area contributed by atoms with Crippen LogP contribution in [0.1, 0.15) is 5.69 Å². The predicted octanol–water partition coefficient (Wildman–Crippen LogP) is 1.23. The normalized spacial score (nSPS) is 11.0. The van der Waals surface area contributed by atoms with Crippen molar-refractivity contribution in [2.75, 3.05) is 0 Å². The maximum Gasteiger partial charge on any atom is 0.138 e. The summed E-state index contributed by atoms with van der Waals surface area (Å²) in [4.78, 5) is 6.86. The number of hydrogen-bond acceptors (Lipinski definition) is 2. The van der Waals surface area contributed by atoms with Crippen molar-refractivity contribution in [2.24, 2.45) is 0 Å². The van der Waals surface area contributed by atoms with Crippen LogP contribution in [-0.2, 0) is 0 Å². The van der Waals surface area contributed by atoms with Gasteiger partial charge in [0.2, 0.25) is 0 Å². The predicted molar refractivity (Wildman–Crippen MR) is 46.0 cm³/mol. The second-order valence-corrected chi connectivity index (χ2v) is 2.32. The first-order valence-electron chi connectivity index (χ1n) is 3.61. The molecule has 0 spiro atoms. The molecule has 4 heteroatoms. The quantitative estimate of drug-likeness (QED) is 0.718. The first-order chi connectivity index (χ1) is 5.95. The third kappa shape index (κ3) is 1.42. The lowest BCUT2D eigenvalue weighted by Gasteiger charge is -1.86. The van der Waals surface area contributed by atoms with E-state index in [0.29, 0.717) is 0 Å². The van der Waals surface area contributed by atoms with E-state index < -0.39 is 0 Å². The Labute approximate surface area is 69.6 Å². The topological polar surface area (TPSA) is 46.5 Å². The lowest BCUT2D eigenvalue weighted by molar-refractivity contribution is 0.936. The Balaban J connectivity index is 2.14. The molecule has 2 aromatic rings. The number of aromatic amines is 1. The van der Waals surface area contributed by atoms with E-state index in [-0.39, 0.29) is 0 Å². The van der Waals surface area contributed by atoms with E-state index in [4.69, 9.17) is 0 Å². The van der Waals surface area contributed by atoms with Gasteiger partial charge in [-0.25, -0.2) is 9.67 Å². The summed E-state index contributed by atoms with van der Waals surface area (Å²) < 4.78 is 1.64. The smallest absolute Gasteiger partial charge is 0.138 e. The van der Waals surface area contributed by atoms with Crippen molar-refractivity contribution in [3.05, 3.63) is 36.7 Å². The SMILES string of the molecule is C(=Cn1cncn1)c1ccc[nH]1. The van der Waals surface area contributed by atoms with Crippen LogP contribution >= 0.6 is 0 Å². The minimum Gasteiger partial charge on any atom is -0.362 e. The van der Waals surface area contributed by atoms with Crippen molar-refractivity contribution in [1.29, 1.82) is 0 Å². The summed E-state index contributed by atoms with van der Waals surface area (Å²) in [5.41, 5.74) is 1.05. The molecule has 4 nitrogen and oxygen atoms in total. The fourth-order valence-corrected chi connectivity index (χ4v) is 0.899. The average Bonchev–Trinajstić information content (AvgIpc) is 2.74. The Morgan fingerprint density at radius 2 is 2.50 bits per heavy atom. The van der Waals surface area contributed by atoms with E-state index in [1.165, 1.54) is 6.33 Å². The molecule has 0 unspecified atom stereocenters. The molecule has 60 valence electrons. The van der Waals surface area contributed by atoms with Crippen molar-refractivity contribution < 1.29 is 0 Å². The average molecular weight is 160 g/mol. The number of rotatable bonds is 2. The molecule has 0 aliphatic heterocycles. The van der Waals surface area contributed by atoms with Crippen molar-refractivity contribution in [3.63, 3.8) is 0 Å². The molecule has 1 N–H and O–H groups in total. The third-order valence-electron chi connectivity index (χ3n) is 1.47. The number of H-pyrrole nitrogens is 1. The van der Waals surface area contributed by atoms with E-state index in [2.05, 4.69) is 15.1 Å². The molecular formula is C8H8N4. The van der Waals surface area contributed by atoms with Gasteiger partial charge in [-0.2, -0.15) is 5.10 Å². The molecule has 0 aromatic carbocycles. The fraction of sp³-hybridized carbons (Fsp3) is 0. The third-order valence-corrected chi connectivity index (χ3v) is 1.47. The van der Waals surface area contributed by atoms with Crippen molar-refractivity contribution >= 4 is 12.3 Å². The highest BCUT2D eigenvalue weighted by molar-refractivity contribution is 5.56. The first kappa shape index (κ1) is 6.84. The molecule has 12 heavy (non-hydrogen) atoms.